The Hall–Kier alpha value is -1.34. The molecule has 2 atom stereocenters. The van der Waals surface area contributed by atoms with E-state index in [1.54, 1.807) is 13.8 Å². The first kappa shape index (κ1) is 20.7. The average Bonchev–Trinajstić information content (AvgIpc) is 2.93. The first-order chi connectivity index (χ1) is 10.0. The van der Waals surface area contributed by atoms with Crippen molar-refractivity contribution in [3.63, 3.8) is 0 Å². The molecule has 0 aliphatic heterocycles. The van der Waals surface area contributed by atoms with Gasteiger partial charge < -0.3 is 20.5 Å². The van der Waals surface area contributed by atoms with Crippen molar-refractivity contribution >= 4 is 30.3 Å². The van der Waals surface area contributed by atoms with Gasteiger partial charge in [0.05, 0.1) is 13.2 Å². The second-order valence-corrected chi connectivity index (χ2v) is 4.98. The monoisotopic (exact) mass is 336 g/mol. The van der Waals surface area contributed by atoms with Crippen molar-refractivity contribution in [1.29, 1.82) is 0 Å². The van der Waals surface area contributed by atoms with Gasteiger partial charge in [-0.3, -0.25) is 4.79 Å². The maximum Gasteiger partial charge on any atom is 0.340 e. The quantitative estimate of drug-likeness (QED) is 0.514. The zero-order valence-electron chi connectivity index (χ0n) is 13.0. The highest BCUT2D eigenvalue weighted by Gasteiger charge is 2.37. The van der Waals surface area contributed by atoms with E-state index in [-0.39, 0.29) is 43.4 Å². The molecule has 0 radical (unpaired) electrons. The van der Waals surface area contributed by atoms with E-state index in [1.807, 2.05) is 0 Å². The smallest absolute Gasteiger partial charge is 0.340 e. The molecule has 0 unspecified atom stereocenters. The fourth-order valence-corrected chi connectivity index (χ4v) is 2.58. The fraction of sp³-hybridized carbons (Fsp3) is 0.786. The van der Waals surface area contributed by atoms with E-state index in [9.17, 15) is 14.4 Å². The predicted molar refractivity (Wildman–Crippen MR) is 82.3 cm³/mol. The Kier molecular flexibility index (Phi) is 9.76. The van der Waals surface area contributed by atoms with Crippen LogP contribution in [0.5, 0.6) is 0 Å². The van der Waals surface area contributed by atoms with Gasteiger partial charge in [-0.15, -0.1) is 12.4 Å². The van der Waals surface area contributed by atoms with Gasteiger partial charge in [-0.25, -0.2) is 9.59 Å². The Morgan fingerprint density at radius 3 is 2.14 bits per heavy atom. The Morgan fingerprint density at radius 2 is 1.68 bits per heavy atom. The number of nitrogens with one attached hydrogen (secondary N) is 1. The highest BCUT2D eigenvalue weighted by Crippen LogP contribution is 2.31. The summed E-state index contributed by atoms with van der Waals surface area (Å²) in [4.78, 5) is 35.9. The lowest BCUT2D eigenvalue weighted by Gasteiger charge is -2.21. The third-order valence-corrected chi connectivity index (χ3v) is 3.63. The van der Waals surface area contributed by atoms with Crippen LogP contribution < -0.4 is 11.1 Å². The molecule has 1 rings (SSSR count). The molecule has 0 aromatic heterocycles. The number of esters is 2. The molecule has 0 spiro atoms. The van der Waals surface area contributed by atoms with Crippen molar-refractivity contribution in [1.82, 2.24) is 5.32 Å². The van der Waals surface area contributed by atoms with Crippen LogP contribution in [-0.2, 0) is 23.9 Å². The number of halogens is 1. The van der Waals surface area contributed by atoms with Crippen molar-refractivity contribution in [3.05, 3.63) is 0 Å². The minimum atomic E-state index is -1.41. The Bertz CT molecular complexity index is 373. The second kappa shape index (κ2) is 10.4. The lowest BCUT2D eigenvalue weighted by molar-refractivity contribution is -0.160. The Morgan fingerprint density at radius 1 is 1.14 bits per heavy atom. The minimum Gasteiger partial charge on any atom is -0.464 e. The number of hydrogen-bond donors (Lipinski definition) is 2. The molecule has 7 nitrogen and oxygen atoms in total. The van der Waals surface area contributed by atoms with E-state index in [2.05, 4.69) is 5.32 Å². The fourth-order valence-electron chi connectivity index (χ4n) is 2.58. The lowest BCUT2D eigenvalue weighted by atomic mass is 9.95. The summed E-state index contributed by atoms with van der Waals surface area (Å²) < 4.78 is 9.62. The van der Waals surface area contributed by atoms with Gasteiger partial charge in [-0.2, -0.15) is 0 Å². The van der Waals surface area contributed by atoms with Gasteiger partial charge in [0.25, 0.3) is 0 Å². The molecule has 1 saturated carbocycles. The summed E-state index contributed by atoms with van der Waals surface area (Å²) in [5.74, 6) is -2.11. The third-order valence-electron chi connectivity index (χ3n) is 3.63. The second-order valence-electron chi connectivity index (χ2n) is 4.98. The number of ether oxygens (including phenoxy) is 2. The molecule has 0 heterocycles. The zero-order valence-corrected chi connectivity index (χ0v) is 13.8. The van der Waals surface area contributed by atoms with Crippen molar-refractivity contribution in [2.75, 3.05) is 19.8 Å². The number of amides is 1. The summed E-state index contributed by atoms with van der Waals surface area (Å²) >= 11 is 0. The molecule has 0 aromatic carbocycles. The van der Waals surface area contributed by atoms with Crippen molar-refractivity contribution in [2.45, 2.75) is 39.2 Å². The first-order valence-electron chi connectivity index (χ1n) is 7.38. The van der Waals surface area contributed by atoms with Gasteiger partial charge in [-0.05, 0) is 39.2 Å². The molecule has 3 N–H and O–H groups in total. The molecule has 1 aliphatic rings. The van der Waals surface area contributed by atoms with E-state index in [0.29, 0.717) is 13.0 Å². The van der Waals surface area contributed by atoms with Gasteiger partial charge in [0.2, 0.25) is 11.9 Å². The number of nitrogens with two attached hydrogens (primary N) is 1. The molecular weight excluding hydrogens is 312 g/mol. The maximum absolute atomic E-state index is 12.3. The van der Waals surface area contributed by atoms with Crippen LogP contribution in [-0.4, -0.2) is 43.6 Å². The average molecular weight is 337 g/mol. The molecular formula is C14H25ClN2O5. The van der Waals surface area contributed by atoms with Crippen LogP contribution in [0.3, 0.4) is 0 Å². The highest BCUT2D eigenvalue weighted by atomic mass is 35.5. The van der Waals surface area contributed by atoms with Gasteiger partial charge in [0, 0.05) is 5.92 Å². The zero-order chi connectivity index (χ0) is 15.8. The van der Waals surface area contributed by atoms with Crippen LogP contribution in [0.4, 0.5) is 0 Å². The van der Waals surface area contributed by atoms with E-state index < -0.39 is 18.0 Å². The summed E-state index contributed by atoms with van der Waals surface area (Å²) in [5, 5.41) is 2.45. The Labute approximate surface area is 136 Å². The summed E-state index contributed by atoms with van der Waals surface area (Å²) in [5.41, 5.74) is 5.64. The summed E-state index contributed by atoms with van der Waals surface area (Å²) in [7, 11) is 0. The summed E-state index contributed by atoms with van der Waals surface area (Å²) in [6, 6.07) is -1.41. The maximum atomic E-state index is 12.3. The van der Waals surface area contributed by atoms with Crippen molar-refractivity contribution in [2.24, 2.45) is 17.6 Å². The lowest BCUT2D eigenvalue weighted by Crippen LogP contribution is -2.50. The number of carbonyl (C=O) groups is 3. The number of hydrogen-bond acceptors (Lipinski definition) is 6. The molecule has 1 fully saturated rings. The third kappa shape index (κ3) is 5.46. The summed E-state index contributed by atoms with van der Waals surface area (Å²) in [6.45, 7) is 3.92. The van der Waals surface area contributed by atoms with Gasteiger partial charge >= 0.3 is 11.9 Å². The molecule has 1 aliphatic carbocycles. The van der Waals surface area contributed by atoms with Crippen molar-refractivity contribution < 1.29 is 23.9 Å². The normalized spacial score (nSPS) is 20.2. The molecule has 128 valence electrons. The standard InChI is InChI=1S/C14H24N2O5.ClH/c1-3-20-13(18)11(14(19)21-4-2)16-12(17)10-7-5-6-9(10)8-15;/h9-11H,3-8,15H2,1-2H3,(H,16,17);1H/t9-,10-;/m1./s1. The van der Waals surface area contributed by atoms with Gasteiger partial charge in [0.1, 0.15) is 0 Å². The van der Waals surface area contributed by atoms with Crippen LogP contribution in [0.1, 0.15) is 33.1 Å². The highest BCUT2D eigenvalue weighted by molar-refractivity contribution is 6.02. The minimum absolute atomic E-state index is 0. The Balaban J connectivity index is 0.00000441. The van der Waals surface area contributed by atoms with E-state index in [0.717, 1.165) is 12.8 Å². The predicted octanol–water partition coefficient (Wildman–Crippen LogP) is 0.394. The van der Waals surface area contributed by atoms with Gasteiger partial charge in [-0.1, -0.05) is 6.42 Å². The van der Waals surface area contributed by atoms with Crippen LogP contribution in [0.15, 0.2) is 0 Å². The summed E-state index contributed by atoms with van der Waals surface area (Å²) in [6.07, 6.45) is 2.52. The topological polar surface area (TPSA) is 108 Å². The largest absolute Gasteiger partial charge is 0.464 e. The SMILES string of the molecule is CCOC(=O)C(NC(=O)[C@@H]1CCC[C@@H]1CN)C(=O)OCC.Cl. The van der Waals surface area contributed by atoms with Gasteiger partial charge in [0.15, 0.2) is 0 Å². The molecule has 8 heteroatoms. The first-order valence-corrected chi connectivity index (χ1v) is 7.38. The van der Waals surface area contributed by atoms with E-state index in [1.165, 1.54) is 0 Å². The van der Waals surface area contributed by atoms with Crippen LogP contribution in [0, 0.1) is 11.8 Å². The van der Waals surface area contributed by atoms with E-state index in [4.69, 9.17) is 15.2 Å². The van der Waals surface area contributed by atoms with Crippen molar-refractivity contribution in [3.8, 4) is 0 Å². The molecule has 1 amide bonds. The van der Waals surface area contributed by atoms with E-state index >= 15 is 0 Å². The van der Waals surface area contributed by atoms with Crippen LogP contribution in [0.25, 0.3) is 0 Å². The van der Waals surface area contributed by atoms with Crippen LogP contribution >= 0.6 is 12.4 Å². The van der Waals surface area contributed by atoms with Crippen LogP contribution in [0.2, 0.25) is 0 Å². The molecule has 0 aromatic rings. The number of rotatable bonds is 7. The molecule has 0 saturated heterocycles. The molecule has 0 bridgehead atoms. The molecule has 22 heavy (non-hydrogen) atoms. The number of carbonyl (C=O) groups excluding carboxylic acids is 3.